The molecule has 2 aromatic rings. The normalized spacial score (nSPS) is 13.6. The van der Waals surface area contributed by atoms with Crippen LogP contribution in [0.3, 0.4) is 0 Å². The highest BCUT2D eigenvalue weighted by molar-refractivity contribution is 5.83. The molecule has 3 rings (SSSR count). The monoisotopic (exact) mass is 285 g/mol. The number of fused-ring (bicyclic) bond motifs is 1. The maximum Gasteiger partial charge on any atom is 0.266 e. The van der Waals surface area contributed by atoms with Crippen molar-refractivity contribution in [3.8, 4) is 0 Å². The van der Waals surface area contributed by atoms with Gasteiger partial charge in [-0.2, -0.15) is 0 Å². The molecule has 0 radical (unpaired) electrons. The fourth-order valence-corrected chi connectivity index (χ4v) is 2.53. The molecule has 1 heterocycles. The Kier molecular flexibility index (Phi) is 4.73. The first kappa shape index (κ1) is 15.2. The van der Waals surface area contributed by atoms with Gasteiger partial charge in [-0.05, 0) is 43.4 Å². The minimum Gasteiger partial charge on any atom is -0.281 e. The summed E-state index contributed by atoms with van der Waals surface area (Å²) < 4.78 is 15.5. The largest absolute Gasteiger partial charge is 0.281 e. The number of hydrogen-bond donors (Lipinski definition) is 0. The molecule has 1 aliphatic carbocycles. The first-order chi connectivity index (χ1) is 10.2. The number of benzene rings is 1. The second kappa shape index (κ2) is 6.53. The summed E-state index contributed by atoms with van der Waals surface area (Å²) in [7, 11) is 0. The lowest BCUT2D eigenvalue weighted by atomic mass is 10.1. The van der Waals surface area contributed by atoms with Gasteiger partial charge >= 0.3 is 0 Å². The Bertz CT molecular complexity index is 769. The number of hydrogen-bond acceptors (Lipinski definition) is 1. The predicted molar refractivity (Wildman–Crippen MR) is 86.9 cm³/mol. The van der Waals surface area contributed by atoms with Crippen molar-refractivity contribution in [3.05, 3.63) is 64.4 Å². The van der Waals surface area contributed by atoms with Gasteiger partial charge in [0.1, 0.15) is 5.82 Å². The molecule has 0 atom stereocenters. The molecule has 3 heteroatoms. The first-order valence-corrected chi connectivity index (χ1v) is 7.36. The van der Waals surface area contributed by atoms with Crippen LogP contribution in [-0.2, 0) is 0 Å². The van der Waals surface area contributed by atoms with Crippen LogP contribution < -0.4 is 5.56 Å². The molecule has 1 aromatic heterocycles. The Labute approximate surface area is 124 Å². The number of nitrogens with zero attached hydrogens (tertiary/aromatic N) is 1. The molecule has 0 saturated heterocycles. The van der Waals surface area contributed by atoms with Crippen LogP contribution in [0.1, 0.15) is 32.4 Å². The molecule has 0 N–H and O–H groups in total. The van der Waals surface area contributed by atoms with Crippen LogP contribution in [0.2, 0.25) is 0 Å². The van der Waals surface area contributed by atoms with E-state index >= 15 is 0 Å². The van der Waals surface area contributed by atoms with Crippen LogP contribution >= 0.6 is 0 Å². The lowest BCUT2D eigenvalue weighted by Gasteiger charge is -2.15. The van der Waals surface area contributed by atoms with Crippen molar-refractivity contribution < 1.29 is 4.39 Å². The predicted octanol–water partition coefficient (Wildman–Crippen LogP) is 4.67. The Hall–Kier alpha value is -2.16. The maximum absolute atomic E-state index is 13.9. The van der Waals surface area contributed by atoms with Gasteiger partial charge in [0.25, 0.3) is 5.56 Å². The average Bonchev–Trinajstić information content (AvgIpc) is 2.50. The molecule has 0 spiro atoms. The molecule has 21 heavy (non-hydrogen) atoms. The third-order valence-corrected chi connectivity index (χ3v) is 3.41. The van der Waals surface area contributed by atoms with E-state index in [1.165, 1.54) is 6.07 Å². The Balaban J connectivity index is 0.000000774. The molecule has 0 amide bonds. The van der Waals surface area contributed by atoms with E-state index in [2.05, 4.69) is 0 Å². The summed E-state index contributed by atoms with van der Waals surface area (Å²) in [6.07, 6.45) is 7.87. The standard InChI is InChI=1S/C16H14FNO.C2H6/c1-11-10-12-6-5-9-14(17)15(12)16(19)18(11)13-7-3-2-4-8-13;1-2/h3,5-10H,2,4H2,1H3;1-2H3. The van der Waals surface area contributed by atoms with E-state index in [-0.39, 0.29) is 10.9 Å². The number of aryl methyl sites for hydroxylation is 1. The maximum atomic E-state index is 13.9. The van der Waals surface area contributed by atoms with Crippen molar-refractivity contribution >= 4 is 16.5 Å². The third kappa shape index (κ3) is 2.82. The van der Waals surface area contributed by atoms with Crippen LogP contribution in [-0.4, -0.2) is 4.57 Å². The van der Waals surface area contributed by atoms with Crippen LogP contribution in [0, 0.1) is 12.7 Å². The van der Waals surface area contributed by atoms with E-state index in [0.29, 0.717) is 5.39 Å². The fourth-order valence-electron chi connectivity index (χ4n) is 2.53. The molecule has 2 nitrogen and oxygen atoms in total. The van der Waals surface area contributed by atoms with Crippen molar-refractivity contribution in [2.75, 3.05) is 0 Å². The van der Waals surface area contributed by atoms with E-state index in [0.717, 1.165) is 24.2 Å². The minimum atomic E-state index is -0.461. The highest BCUT2D eigenvalue weighted by atomic mass is 19.1. The zero-order chi connectivity index (χ0) is 15.4. The molecule has 0 fully saturated rings. The first-order valence-electron chi connectivity index (χ1n) is 7.36. The molecular formula is C18H20FNO. The van der Waals surface area contributed by atoms with E-state index in [4.69, 9.17) is 0 Å². The quantitative estimate of drug-likeness (QED) is 0.746. The smallest absolute Gasteiger partial charge is 0.266 e. The highest BCUT2D eigenvalue weighted by Crippen LogP contribution is 2.20. The van der Waals surface area contributed by atoms with Gasteiger partial charge in [0.05, 0.1) is 5.39 Å². The Morgan fingerprint density at radius 3 is 2.62 bits per heavy atom. The SMILES string of the molecule is CC.Cc1cc2cccc(F)c2c(=O)n1C1=CCCC=C1. The Morgan fingerprint density at radius 1 is 1.19 bits per heavy atom. The zero-order valence-electron chi connectivity index (χ0n) is 12.7. The summed E-state index contributed by atoms with van der Waals surface area (Å²) in [6, 6.07) is 6.57. The molecule has 1 aliphatic rings. The molecule has 110 valence electrons. The molecule has 0 saturated carbocycles. The van der Waals surface area contributed by atoms with Crippen molar-refractivity contribution in [3.63, 3.8) is 0 Å². The van der Waals surface area contributed by atoms with Crippen molar-refractivity contribution in [2.24, 2.45) is 0 Å². The topological polar surface area (TPSA) is 22.0 Å². The molecule has 0 aliphatic heterocycles. The van der Waals surface area contributed by atoms with E-state index < -0.39 is 5.82 Å². The summed E-state index contributed by atoms with van der Waals surface area (Å²) in [5.41, 5.74) is 1.37. The van der Waals surface area contributed by atoms with Gasteiger partial charge in [-0.1, -0.05) is 38.1 Å². The van der Waals surface area contributed by atoms with Gasteiger partial charge in [-0.25, -0.2) is 4.39 Å². The second-order valence-electron chi connectivity index (χ2n) is 4.74. The van der Waals surface area contributed by atoms with Crippen LogP contribution in [0.25, 0.3) is 16.5 Å². The van der Waals surface area contributed by atoms with E-state index in [1.54, 1.807) is 16.7 Å². The highest BCUT2D eigenvalue weighted by Gasteiger charge is 2.12. The van der Waals surface area contributed by atoms with Gasteiger partial charge in [0.15, 0.2) is 0 Å². The summed E-state index contributed by atoms with van der Waals surface area (Å²) in [6.45, 7) is 5.87. The van der Waals surface area contributed by atoms with Gasteiger partial charge < -0.3 is 0 Å². The second-order valence-corrected chi connectivity index (χ2v) is 4.74. The van der Waals surface area contributed by atoms with Crippen molar-refractivity contribution in [2.45, 2.75) is 33.6 Å². The Morgan fingerprint density at radius 2 is 1.95 bits per heavy atom. The summed E-state index contributed by atoms with van der Waals surface area (Å²) in [4.78, 5) is 12.5. The molecular weight excluding hydrogens is 265 g/mol. The van der Waals surface area contributed by atoms with Crippen LogP contribution in [0.4, 0.5) is 4.39 Å². The van der Waals surface area contributed by atoms with Crippen LogP contribution in [0.5, 0.6) is 0 Å². The van der Waals surface area contributed by atoms with Gasteiger partial charge in [-0.15, -0.1) is 0 Å². The lowest BCUT2D eigenvalue weighted by molar-refractivity contribution is 0.638. The molecule has 0 bridgehead atoms. The number of aromatic nitrogens is 1. The zero-order valence-corrected chi connectivity index (χ0v) is 12.7. The third-order valence-electron chi connectivity index (χ3n) is 3.41. The summed E-state index contributed by atoms with van der Waals surface area (Å²) in [5, 5.41) is 0.812. The van der Waals surface area contributed by atoms with Crippen molar-refractivity contribution in [1.29, 1.82) is 0 Å². The number of rotatable bonds is 1. The number of halogens is 1. The fraction of sp³-hybridized carbons (Fsp3) is 0.278. The molecule has 0 unspecified atom stereocenters. The van der Waals surface area contributed by atoms with E-state index in [1.807, 2.05) is 45.1 Å². The van der Waals surface area contributed by atoms with Gasteiger partial charge in [-0.3, -0.25) is 9.36 Å². The lowest BCUT2D eigenvalue weighted by Crippen LogP contribution is -2.22. The van der Waals surface area contributed by atoms with E-state index in [9.17, 15) is 9.18 Å². The van der Waals surface area contributed by atoms with Crippen molar-refractivity contribution in [1.82, 2.24) is 4.57 Å². The number of allylic oxidation sites excluding steroid dienone is 4. The van der Waals surface area contributed by atoms with Gasteiger partial charge in [0, 0.05) is 11.4 Å². The number of pyridine rings is 1. The summed E-state index contributed by atoms with van der Waals surface area (Å²) >= 11 is 0. The van der Waals surface area contributed by atoms with Gasteiger partial charge in [0.2, 0.25) is 0 Å². The summed E-state index contributed by atoms with van der Waals surface area (Å²) in [5.74, 6) is -0.461. The van der Waals surface area contributed by atoms with Crippen LogP contribution in [0.15, 0.2) is 47.3 Å². The molecule has 1 aromatic carbocycles. The minimum absolute atomic E-state index is 0.160. The average molecular weight is 285 g/mol.